The fraction of sp³-hybridized carbons (Fsp3) is 0.171. The standard InChI is InChI=1S/C41H41N5O4/c1-30-24-41(49)44-46(30)37-19-17-36(18-20-37)43-35-15-12-31(13-16-35)22-23-45(26-32-8-4-2-5-9-32)27-39(48)34-14-21-40(38(25-34)42-29-47)50-28-33-10-6-3-7-11-33/h2-21,24-25,29,39,43,48H,22-23,26-28H2,1H3,(H,42,47)(H,44,49)/t39-/m0/s1. The molecule has 0 fully saturated rings. The van der Waals surface area contributed by atoms with Gasteiger partial charge in [-0.25, -0.2) is 0 Å². The van der Waals surface area contributed by atoms with Crippen LogP contribution in [0.3, 0.4) is 0 Å². The van der Waals surface area contributed by atoms with Crippen molar-refractivity contribution in [2.75, 3.05) is 23.7 Å². The van der Waals surface area contributed by atoms with Crippen LogP contribution < -0.4 is 20.9 Å². The Morgan fingerprint density at radius 1 is 0.820 bits per heavy atom. The van der Waals surface area contributed by atoms with E-state index in [2.05, 4.69) is 57.0 Å². The maximum absolute atomic E-state index is 11.7. The molecule has 9 nitrogen and oxygen atoms in total. The van der Waals surface area contributed by atoms with Gasteiger partial charge in [0, 0.05) is 42.8 Å². The summed E-state index contributed by atoms with van der Waals surface area (Å²) in [6.07, 6.45) is 0.635. The number of carbonyl (C=O) groups excluding carboxylic acids is 1. The summed E-state index contributed by atoms with van der Waals surface area (Å²) in [6.45, 7) is 4.08. The molecule has 0 spiro atoms. The van der Waals surface area contributed by atoms with Crippen molar-refractivity contribution in [1.82, 2.24) is 14.7 Å². The van der Waals surface area contributed by atoms with Crippen molar-refractivity contribution in [2.45, 2.75) is 32.6 Å². The maximum Gasteiger partial charge on any atom is 0.264 e. The monoisotopic (exact) mass is 667 g/mol. The number of amides is 1. The molecule has 0 saturated heterocycles. The number of aromatic nitrogens is 2. The minimum Gasteiger partial charge on any atom is -0.487 e. The van der Waals surface area contributed by atoms with Gasteiger partial charge in [-0.05, 0) is 84.1 Å². The van der Waals surface area contributed by atoms with Gasteiger partial charge in [-0.15, -0.1) is 0 Å². The summed E-state index contributed by atoms with van der Waals surface area (Å²) in [6, 6.07) is 43.3. The van der Waals surface area contributed by atoms with E-state index in [1.807, 2.05) is 85.8 Å². The van der Waals surface area contributed by atoms with E-state index < -0.39 is 6.10 Å². The molecule has 0 saturated carbocycles. The SMILES string of the molecule is Cc1cc(=O)[nH]n1-c1ccc(Nc2ccc(CCN(Cc3ccccc3)C[C@H](O)c3ccc(OCc4ccccc4)c(NC=O)c3)cc2)cc1. The van der Waals surface area contributed by atoms with Crippen molar-refractivity contribution in [2.24, 2.45) is 0 Å². The van der Waals surface area contributed by atoms with Crippen LogP contribution in [0.4, 0.5) is 17.1 Å². The number of hydrogen-bond donors (Lipinski definition) is 4. The number of aliphatic hydroxyl groups excluding tert-OH is 1. The molecule has 0 bridgehead atoms. The summed E-state index contributed by atoms with van der Waals surface area (Å²) < 4.78 is 7.76. The molecular formula is C41H41N5O4. The van der Waals surface area contributed by atoms with Crippen LogP contribution in [-0.2, 0) is 24.4 Å². The number of benzene rings is 5. The number of anilines is 3. The largest absolute Gasteiger partial charge is 0.487 e. The van der Waals surface area contributed by atoms with Crippen LogP contribution >= 0.6 is 0 Å². The molecular weight excluding hydrogens is 626 g/mol. The van der Waals surface area contributed by atoms with Gasteiger partial charge in [-0.1, -0.05) is 78.9 Å². The van der Waals surface area contributed by atoms with Crippen LogP contribution in [-0.4, -0.2) is 39.3 Å². The smallest absolute Gasteiger partial charge is 0.264 e. The van der Waals surface area contributed by atoms with Crippen molar-refractivity contribution in [1.29, 1.82) is 0 Å². The quantitative estimate of drug-likeness (QED) is 0.0817. The number of aryl methyl sites for hydroxylation is 1. The van der Waals surface area contributed by atoms with Crippen molar-refractivity contribution in [3.63, 3.8) is 0 Å². The third kappa shape index (κ3) is 9.16. The first kappa shape index (κ1) is 34.0. The normalized spacial score (nSPS) is 11.7. The Bertz CT molecular complexity index is 2020. The molecule has 254 valence electrons. The molecule has 50 heavy (non-hydrogen) atoms. The minimum atomic E-state index is -0.784. The zero-order chi connectivity index (χ0) is 34.7. The molecule has 1 amide bonds. The van der Waals surface area contributed by atoms with E-state index in [1.165, 1.54) is 5.56 Å². The van der Waals surface area contributed by atoms with Crippen LogP contribution in [0.25, 0.3) is 5.69 Å². The van der Waals surface area contributed by atoms with Crippen LogP contribution in [0.2, 0.25) is 0 Å². The second kappa shape index (κ2) is 16.5. The number of aromatic amines is 1. The third-order valence-corrected chi connectivity index (χ3v) is 8.52. The number of rotatable bonds is 16. The molecule has 9 heteroatoms. The molecule has 0 aliphatic rings. The number of H-pyrrole nitrogens is 1. The molecule has 0 radical (unpaired) electrons. The van der Waals surface area contributed by atoms with Gasteiger partial charge < -0.3 is 20.5 Å². The lowest BCUT2D eigenvalue weighted by Crippen LogP contribution is -2.30. The van der Waals surface area contributed by atoms with Gasteiger partial charge in [0.25, 0.3) is 5.56 Å². The first-order valence-corrected chi connectivity index (χ1v) is 16.6. The van der Waals surface area contributed by atoms with Crippen molar-refractivity contribution in [3.05, 3.63) is 172 Å². The molecule has 5 aromatic carbocycles. The number of nitrogens with zero attached hydrogens (tertiary/aromatic N) is 2. The molecule has 6 aromatic rings. The Hall–Kier alpha value is -5.90. The molecule has 1 heterocycles. The highest BCUT2D eigenvalue weighted by atomic mass is 16.5. The lowest BCUT2D eigenvalue weighted by Gasteiger charge is -2.26. The Morgan fingerprint density at radius 3 is 2.12 bits per heavy atom. The molecule has 0 aliphatic heterocycles. The van der Waals surface area contributed by atoms with E-state index >= 15 is 0 Å². The Balaban J connectivity index is 1.09. The van der Waals surface area contributed by atoms with Crippen LogP contribution in [0.15, 0.2) is 138 Å². The van der Waals surface area contributed by atoms with Gasteiger partial charge in [0.2, 0.25) is 6.41 Å². The highest BCUT2D eigenvalue weighted by Gasteiger charge is 2.17. The van der Waals surface area contributed by atoms with Crippen LogP contribution in [0, 0.1) is 6.92 Å². The third-order valence-electron chi connectivity index (χ3n) is 8.52. The summed E-state index contributed by atoms with van der Waals surface area (Å²) in [5, 5.41) is 20.4. The average molecular weight is 668 g/mol. The Kier molecular flexibility index (Phi) is 11.2. The number of ether oxygens (including phenoxy) is 1. The van der Waals surface area contributed by atoms with E-state index in [0.717, 1.165) is 46.8 Å². The number of nitrogens with one attached hydrogen (secondary N) is 3. The summed E-state index contributed by atoms with van der Waals surface area (Å²) >= 11 is 0. The molecule has 6 rings (SSSR count). The lowest BCUT2D eigenvalue weighted by atomic mass is 10.1. The number of carbonyl (C=O) groups is 1. The first-order chi connectivity index (χ1) is 24.4. The summed E-state index contributed by atoms with van der Waals surface area (Å²) in [4.78, 5) is 25.3. The molecule has 1 aromatic heterocycles. The minimum absolute atomic E-state index is 0.123. The number of aliphatic hydroxyl groups is 1. The van der Waals surface area contributed by atoms with Gasteiger partial charge >= 0.3 is 0 Å². The van der Waals surface area contributed by atoms with Crippen LogP contribution in [0.5, 0.6) is 5.75 Å². The van der Waals surface area contributed by atoms with Gasteiger partial charge in [0.1, 0.15) is 12.4 Å². The Morgan fingerprint density at radius 2 is 1.48 bits per heavy atom. The fourth-order valence-electron chi connectivity index (χ4n) is 5.87. The van der Waals surface area contributed by atoms with E-state index in [4.69, 9.17) is 4.74 Å². The average Bonchev–Trinajstić information content (AvgIpc) is 3.49. The van der Waals surface area contributed by atoms with E-state index in [1.54, 1.807) is 22.9 Å². The summed E-state index contributed by atoms with van der Waals surface area (Å²) in [5.74, 6) is 0.539. The molecule has 4 N–H and O–H groups in total. The predicted molar refractivity (Wildman–Crippen MR) is 198 cm³/mol. The zero-order valence-electron chi connectivity index (χ0n) is 28.0. The highest BCUT2D eigenvalue weighted by Crippen LogP contribution is 2.30. The van der Waals surface area contributed by atoms with Crippen LogP contribution in [0.1, 0.15) is 34.1 Å². The Labute approximate surface area is 291 Å². The predicted octanol–water partition coefficient (Wildman–Crippen LogP) is 7.14. The molecule has 1 atom stereocenters. The topological polar surface area (TPSA) is 112 Å². The van der Waals surface area contributed by atoms with Crippen molar-refractivity contribution < 1.29 is 14.6 Å². The summed E-state index contributed by atoms with van der Waals surface area (Å²) in [5.41, 5.74) is 8.10. The van der Waals surface area contributed by atoms with E-state index in [-0.39, 0.29) is 5.56 Å². The summed E-state index contributed by atoms with van der Waals surface area (Å²) in [7, 11) is 0. The second-order valence-electron chi connectivity index (χ2n) is 12.2. The first-order valence-electron chi connectivity index (χ1n) is 16.6. The van der Waals surface area contributed by atoms with E-state index in [0.29, 0.717) is 43.1 Å². The van der Waals surface area contributed by atoms with Gasteiger partial charge in [0.15, 0.2) is 0 Å². The maximum atomic E-state index is 11.7. The van der Waals surface area contributed by atoms with Gasteiger partial charge in [-0.2, -0.15) is 0 Å². The van der Waals surface area contributed by atoms with Crippen molar-refractivity contribution >= 4 is 23.5 Å². The fourth-order valence-corrected chi connectivity index (χ4v) is 5.87. The second-order valence-corrected chi connectivity index (χ2v) is 12.2. The van der Waals surface area contributed by atoms with Gasteiger partial charge in [0.05, 0.1) is 17.5 Å². The molecule has 0 unspecified atom stereocenters. The highest BCUT2D eigenvalue weighted by molar-refractivity contribution is 5.76. The zero-order valence-corrected chi connectivity index (χ0v) is 28.0. The number of hydrogen-bond acceptors (Lipinski definition) is 6. The van der Waals surface area contributed by atoms with E-state index in [9.17, 15) is 14.7 Å². The van der Waals surface area contributed by atoms with Gasteiger partial charge in [-0.3, -0.25) is 24.3 Å². The van der Waals surface area contributed by atoms with Crippen molar-refractivity contribution in [3.8, 4) is 11.4 Å². The molecule has 0 aliphatic carbocycles. The lowest BCUT2D eigenvalue weighted by molar-refractivity contribution is -0.105.